The lowest BCUT2D eigenvalue weighted by Crippen LogP contribution is -1.95. The van der Waals surface area contributed by atoms with Gasteiger partial charge in [0.2, 0.25) is 0 Å². The normalized spacial score (nSPS) is 12.6. The van der Waals surface area contributed by atoms with E-state index < -0.39 is 0 Å². The lowest BCUT2D eigenvalue weighted by Gasteiger charge is -2.16. The molecule has 4 heteroatoms. The van der Waals surface area contributed by atoms with E-state index in [1.807, 2.05) is 24.3 Å². The third kappa shape index (κ3) is 3.00. The summed E-state index contributed by atoms with van der Waals surface area (Å²) in [6, 6.07) is 18.1. The fourth-order valence-corrected chi connectivity index (χ4v) is 4.31. The van der Waals surface area contributed by atoms with Crippen molar-refractivity contribution in [2.24, 2.45) is 0 Å². The van der Waals surface area contributed by atoms with E-state index in [9.17, 15) is 0 Å². The molecule has 3 rings (SSSR count). The number of fused-ring (bicyclic) bond motifs is 1. The third-order valence-electron chi connectivity index (χ3n) is 3.41. The topological polar surface area (TPSA) is 0 Å². The minimum atomic E-state index is 0.0141. The minimum Gasteiger partial charge on any atom is -0.0843 e. The predicted octanol–water partition coefficient (Wildman–Crippen LogP) is 7.39. The average Bonchev–Trinajstić information content (AvgIpc) is 2.47. The molecule has 0 bridgehead atoms. The zero-order valence-electron chi connectivity index (χ0n) is 10.8. The van der Waals surface area contributed by atoms with Crippen molar-refractivity contribution in [2.45, 2.75) is 4.83 Å². The smallest absolute Gasteiger partial charge is 0.0665 e. The van der Waals surface area contributed by atoms with Gasteiger partial charge in [0, 0.05) is 14.5 Å². The zero-order valence-corrected chi connectivity index (χ0v) is 15.5. The second-order valence-electron chi connectivity index (χ2n) is 4.71. The molecule has 0 fully saturated rings. The van der Waals surface area contributed by atoms with Gasteiger partial charge in [-0.2, -0.15) is 0 Å². The van der Waals surface area contributed by atoms with Crippen molar-refractivity contribution in [3.63, 3.8) is 0 Å². The number of benzene rings is 3. The summed E-state index contributed by atoms with van der Waals surface area (Å²) in [6.07, 6.45) is 0. The fourth-order valence-electron chi connectivity index (χ4n) is 2.38. The molecule has 0 saturated heterocycles. The van der Waals surface area contributed by atoms with Gasteiger partial charge < -0.3 is 0 Å². The van der Waals surface area contributed by atoms with Crippen LogP contribution in [0.3, 0.4) is 0 Å². The van der Waals surface area contributed by atoms with E-state index in [0.717, 1.165) is 10.0 Å². The van der Waals surface area contributed by atoms with Crippen LogP contribution in [0.2, 0.25) is 10.0 Å². The predicted molar refractivity (Wildman–Crippen MR) is 98.9 cm³/mol. The summed E-state index contributed by atoms with van der Waals surface area (Å²) in [5.74, 6) is 0. The molecule has 3 aromatic carbocycles. The first-order valence-corrected chi connectivity index (χ1v) is 8.80. The molecule has 1 unspecified atom stereocenters. The SMILES string of the molecule is Clc1ccc(C(Br)c2ccc(Br)c3ccccc23)c(Cl)c1. The molecule has 3 aromatic rings. The summed E-state index contributed by atoms with van der Waals surface area (Å²) in [5, 5.41) is 3.68. The molecule has 0 radical (unpaired) electrons. The summed E-state index contributed by atoms with van der Waals surface area (Å²) in [7, 11) is 0. The highest BCUT2D eigenvalue weighted by Crippen LogP contribution is 2.40. The molecular formula is C17H10Br2Cl2. The summed E-state index contributed by atoms with van der Waals surface area (Å²) in [6.45, 7) is 0. The van der Waals surface area contributed by atoms with Gasteiger partial charge in [-0.25, -0.2) is 0 Å². The maximum Gasteiger partial charge on any atom is 0.0665 e. The van der Waals surface area contributed by atoms with Crippen molar-refractivity contribution >= 4 is 65.8 Å². The minimum absolute atomic E-state index is 0.0141. The van der Waals surface area contributed by atoms with Crippen LogP contribution in [0.15, 0.2) is 59.1 Å². The highest BCUT2D eigenvalue weighted by Gasteiger charge is 2.17. The quantitative estimate of drug-likeness (QED) is 0.361. The van der Waals surface area contributed by atoms with E-state index >= 15 is 0 Å². The van der Waals surface area contributed by atoms with Gasteiger partial charge in [-0.3, -0.25) is 0 Å². The van der Waals surface area contributed by atoms with Crippen LogP contribution in [0.5, 0.6) is 0 Å². The fraction of sp³-hybridized carbons (Fsp3) is 0.0588. The number of hydrogen-bond donors (Lipinski definition) is 0. The van der Waals surface area contributed by atoms with Gasteiger partial charge >= 0.3 is 0 Å². The maximum atomic E-state index is 6.33. The van der Waals surface area contributed by atoms with Crippen LogP contribution in [0, 0.1) is 0 Å². The van der Waals surface area contributed by atoms with Gasteiger partial charge in [-0.05, 0) is 40.1 Å². The second kappa shape index (κ2) is 6.29. The maximum absolute atomic E-state index is 6.33. The average molecular weight is 445 g/mol. The first-order valence-electron chi connectivity index (χ1n) is 6.34. The van der Waals surface area contributed by atoms with Gasteiger partial charge in [-0.1, -0.05) is 91.5 Å². The highest BCUT2D eigenvalue weighted by atomic mass is 79.9. The lowest BCUT2D eigenvalue weighted by atomic mass is 9.98. The second-order valence-corrected chi connectivity index (χ2v) is 7.32. The Labute approximate surface area is 150 Å². The van der Waals surface area contributed by atoms with Crippen LogP contribution in [-0.4, -0.2) is 0 Å². The summed E-state index contributed by atoms with van der Waals surface area (Å²) in [5.41, 5.74) is 2.19. The van der Waals surface area contributed by atoms with Crippen LogP contribution >= 0.6 is 55.1 Å². The number of rotatable bonds is 2. The Morgan fingerprint density at radius 2 is 1.48 bits per heavy atom. The van der Waals surface area contributed by atoms with Crippen LogP contribution in [-0.2, 0) is 0 Å². The Morgan fingerprint density at radius 1 is 0.810 bits per heavy atom. The molecule has 0 aliphatic rings. The van der Waals surface area contributed by atoms with Crippen LogP contribution in [0.25, 0.3) is 10.8 Å². The van der Waals surface area contributed by atoms with Gasteiger partial charge in [0.15, 0.2) is 0 Å². The molecule has 0 spiro atoms. The highest BCUT2D eigenvalue weighted by molar-refractivity contribution is 9.10. The molecule has 1 atom stereocenters. The van der Waals surface area contributed by atoms with E-state index in [1.165, 1.54) is 16.3 Å². The molecule has 0 aliphatic heterocycles. The Hall–Kier alpha value is -0.540. The first kappa shape index (κ1) is 15.4. The van der Waals surface area contributed by atoms with Crippen molar-refractivity contribution in [3.8, 4) is 0 Å². The Kier molecular flexibility index (Phi) is 4.60. The van der Waals surface area contributed by atoms with Gasteiger partial charge in [0.05, 0.1) is 4.83 Å². The molecule has 21 heavy (non-hydrogen) atoms. The van der Waals surface area contributed by atoms with E-state index in [-0.39, 0.29) is 4.83 Å². The number of alkyl halides is 1. The Bertz CT molecular complexity index is 815. The van der Waals surface area contributed by atoms with Gasteiger partial charge in [0.1, 0.15) is 0 Å². The molecule has 0 aromatic heterocycles. The first-order chi connectivity index (χ1) is 10.1. The van der Waals surface area contributed by atoms with Crippen LogP contribution in [0.4, 0.5) is 0 Å². The van der Waals surface area contributed by atoms with Crippen LogP contribution < -0.4 is 0 Å². The number of halogens is 4. The summed E-state index contributed by atoms with van der Waals surface area (Å²) >= 11 is 19.7. The molecule has 0 N–H and O–H groups in total. The van der Waals surface area contributed by atoms with Crippen molar-refractivity contribution in [1.82, 2.24) is 0 Å². The zero-order chi connectivity index (χ0) is 15.0. The monoisotopic (exact) mass is 442 g/mol. The molecule has 0 saturated carbocycles. The Balaban J connectivity index is 2.18. The molecule has 0 nitrogen and oxygen atoms in total. The van der Waals surface area contributed by atoms with Crippen molar-refractivity contribution in [3.05, 3.63) is 80.2 Å². The standard InChI is InChI=1S/C17H10Br2Cl2/c18-15-8-7-13(11-3-1-2-4-12(11)15)17(19)14-6-5-10(20)9-16(14)21/h1-9,17H. The van der Waals surface area contributed by atoms with E-state index in [0.29, 0.717) is 10.0 Å². The van der Waals surface area contributed by atoms with Crippen LogP contribution in [0.1, 0.15) is 16.0 Å². The summed E-state index contributed by atoms with van der Waals surface area (Å²) in [4.78, 5) is 0.0141. The summed E-state index contributed by atoms with van der Waals surface area (Å²) < 4.78 is 1.09. The lowest BCUT2D eigenvalue weighted by molar-refractivity contribution is 1.20. The number of hydrogen-bond acceptors (Lipinski definition) is 0. The van der Waals surface area contributed by atoms with Crippen molar-refractivity contribution < 1.29 is 0 Å². The van der Waals surface area contributed by atoms with E-state index in [4.69, 9.17) is 23.2 Å². The van der Waals surface area contributed by atoms with E-state index in [2.05, 4.69) is 56.1 Å². The Morgan fingerprint density at radius 3 is 2.19 bits per heavy atom. The molecule has 0 aliphatic carbocycles. The molecule has 0 heterocycles. The third-order valence-corrected chi connectivity index (χ3v) is 5.65. The molecular weight excluding hydrogens is 435 g/mol. The van der Waals surface area contributed by atoms with Gasteiger partial charge in [0.25, 0.3) is 0 Å². The van der Waals surface area contributed by atoms with E-state index in [1.54, 1.807) is 6.07 Å². The van der Waals surface area contributed by atoms with Crippen molar-refractivity contribution in [1.29, 1.82) is 0 Å². The largest absolute Gasteiger partial charge is 0.0843 e. The van der Waals surface area contributed by atoms with Crippen molar-refractivity contribution in [2.75, 3.05) is 0 Å². The molecule has 0 amide bonds. The van der Waals surface area contributed by atoms with Gasteiger partial charge in [-0.15, -0.1) is 0 Å². The molecule has 106 valence electrons.